The molecule has 2 aromatic rings. The van der Waals surface area contributed by atoms with Gasteiger partial charge >= 0.3 is 5.97 Å². The van der Waals surface area contributed by atoms with Gasteiger partial charge in [-0.05, 0) is 19.4 Å². The van der Waals surface area contributed by atoms with Crippen molar-refractivity contribution in [1.82, 2.24) is 10.3 Å². The Morgan fingerprint density at radius 3 is 2.28 bits per heavy atom. The number of rotatable bonds is 5. The molecule has 0 aliphatic rings. The van der Waals surface area contributed by atoms with Crippen LogP contribution in [0.15, 0.2) is 23.6 Å². The predicted molar refractivity (Wildman–Crippen MR) is 99.0 cm³/mol. The van der Waals surface area contributed by atoms with E-state index in [1.54, 1.807) is 12.1 Å². The zero-order valence-electron chi connectivity index (χ0n) is 15.2. The number of aromatic nitrogens is 1. The molecule has 0 fully saturated rings. The number of nitrogens with one attached hydrogen (secondary N) is 1. The van der Waals surface area contributed by atoms with Crippen LogP contribution in [0.4, 0.5) is 0 Å². The molecule has 0 saturated carbocycles. The summed E-state index contributed by atoms with van der Waals surface area (Å²) in [6.45, 7) is 10.0. The fourth-order valence-electron chi connectivity index (χ4n) is 2.57. The van der Waals surface area contributed by atoms with Crippen molar-refractivity contribution in [2.45, 2.75) is 52.5 Å². The molecule has 1 unspecified atom stereocenters. The van der Waals surface area contributed by atoms with E-state index in [1.807, 2.05) is 25.3 Å². The third-order valence-electron chi connectivity index (χ3n) is 3.66. The molecule has 0 aliphatic carbocycles. The summed E-state index contributed by atoms with van der Waals surface area (Å²) in [6, 6.07) is 4.47. The molecule has 1 heterocycles. The fraction of sp³-hybridized carbons (Fsp3) is 0.421. The highest BCUT2D eigenvalue weighted by Crippen LogP contribution is 2.26. The minimum atomic E-state index is -1.08. The van der Waals surface area contributed by atoms with Crippen molar-refractivity contribution >= 4 is 23.2 Å². The van der Waals surface area contributed by atoms with E-state index in [2.05, 4.69) is 31.1 Å². The zero-order valence-corrected chi connectivity index (χ0v) is 16.0. The summed E-state index contributed by atoms with van der Waals surface area (Å²) in [5.41, 5.74) is 3.10. The summed E-state index contributed by atoms with van der Waals surface area (Å²) < 4.78 is 0. The predicted octanol–water partition coefficient (Wildman–Crippen LogP) is 3.54. The monoisotopic (exact) mass is 360 g/mol. The van der Waals surface area contributed by atoms with Gasteiger partial charge in [0.15, 0.2) is 6.04 Å². The number of benzene rings is 1. The Morgan fingerprint density at radius 1 is 1.20 bits per heavy atom. The van der Waals surface area contributed by atoms with Crippen molar-refractivity contribution in [3.8, 4) is 0 Å². The van der Waals surface area contributed by atoms with Gasteiger partial charge in [0, 0.05) is 10.8 Å². The molecule has 1 atom stereocenters. The number of carbonyl (C=O) groups excluding carboxylic acids is 1. The second kappa shape index (κ2) is 7.35. The van der Waals surface area contributed by atoms with E-state index in [9.17, 15) is 14.7 Å². The molecule has 6 heteroatoms. The smallest absolute Gasteiger partial charge is 0.330 e. The number of aliphatic carboxylic acids is 1. The van der Waals surface area contributed by atoms with Gasteiger partial charge in [0.05, 0.1) is 17.1 Å². The minimum absolute atomic E-state index is 0.0674. The van der Waals surface area contributed by atoms with Crippen LogP contribution in [-0.4, -0.2) is 22.0 Å². The Kier molecular flexibility index (Phi) is 5.62. The van der Waals surface area contributed by atoms with Gasteiger partial charge in [-0.3, -0.25) is 4.79 Å². The van der Waals surface area contributed by atoms with Crippen molar-refractivity contribution in [2.24, 2.45) is 0 Å². The highest BCUT2D eigenvalue weighted by Gasteiger charge is 2.24. The second-order valence-corrected chi connectivity index (χ2v) is 8.19. The van der Waals surface area contributed by atoms with E-state index in [-0.39, 0.29) is 17.7 Å². The number of thiazole rings is 1. The van der Waals surface area contributed by atoms with E-state index in [1.165, 1.54) is 11.3 Å². The standard InChI is InChI=1S/C19H24N2O3S/c1-11-6-12(2)8-13(7-11)16(17(23)24)21-15(22)9-14-10-25-18(20-14)19(3,4)5/h6-8,10,16H,9H2,1-5H3,(H,21,22)(H,23,24). The van der Waals surface area contributed by atoms with Gasteiger partial charge in [0.25, 0.3) is 0 Å². The lowest BCUT2D eigenvalue weighted by molar-refractivity contribution is -0.142. The fourth-order valence-corrected chi connectivity index (χ4v) is 3.48. The minimum Gasteiger partial charge on any atom is -0.479 e. The molecule has 1 amide bonds. The third kappa shape index (κ3) is 5.13. The van der Waals surface area contributed by atoms with E-state index >= 15 is 0 Å². The SMILES string of the molecule is Cc1cc(C)cc(C(NC(=O)Cc2csc(C(C)(C)C)n2)C(=O)O)c1. The zero-order chi connectivity index (χ0) is 18.8. The van der Waals surface area contributed by atoms with Crippen LogP contribution in [-0.2, 0) is 21.4 Å². The van der Waals surface area contributed by atoms with Gasteiger partial charge in [-0.15, -0.1) is 11.3 Å². The number of carboxylic acid groups (broad SMARTS) is 1. The molecular weight excluding hydrogens is 336 g/mol. The molecule has 1 aromatic carbocycles. The number of nitrogens with zero attached hydrogens (tertiary/aromatic N) is 1. The Balaban J connectivity index is 2.13. The van der Waals surface area contributed by atoms with E-state index in [4.69, 9.17) is 0 Å². The Bertz CT molecular complexity index is 770. The largest absolute Gasteiger partial charge is 0.479 e. The molecule has 0 bridgehead atoms. The number of hydrogen-bond donors (Lipinski definition) is 2. The summed E-state index contributed by atoms with van der Waals surface area (Å²) in [6.07, 6.45) is 0.0706. The van der Waals surface area contributed by atoms with Gasteiger partial charge in [-0.2, -0.15) is 0 Å². The van der Waals surface area contributed by atoms with Crippen LogP contribution in [0.2, 0.25) is 0 Å². The van der Waals surface area contributed by atoms with Crippen LogP contribution in [0.1, 0.15) is 54.2 Å². The molecule has 2 rings (SSSR count). The lowest BCUT2D eigenvalue weighted by Gasteiger charge is -2.16. The Hall–Kier alpha value is -2.21. The number of hydrogen-bond acceptors (Lipinski definition) is 4. The average molecular weight is 360 g/mol. The highest BCUT2D eigenvalue weighted by molar-refractivity contribution is 7.09. The van der Waals surface area contributed by atoms with Gasteiger partial charge in [0.2, 0.25) is 5.91 Å². The molecule has 0 aliphatic heterocycles. The first kappa shape index (κ1) is 19.1. The highest BCUT2D eigenvalue weighted by atomic mass is 32.1. The van der Waals surface area contributed by atoms with Crippen LogP contribution in [0, 0.1) is 13.8 Å². The maximum absolute atomic E-state index is 12.3. The Morgan fingerprint density at radius 2 is 1.80 bits per heavy atom. The Labute approximate surface area is 152 Å². The average Bonchev–Trinajstić information content (AvgIpc) is 2.91. The van der Waals surface area contributed by atoms with Crippen molar-refractivity contribution < 1.29 is 14.7 Å². The second-order valence-electron chi connectivity index (χ2n) is 7.33. The normalized spacial score (nSPS) is 12.7. The van der Waals surface area contributed by atoms with Crippen LogP contribution in [0.5, 0.6) is 0 Å². The van der Waals surface area contributed by atoms with Gasteiger partial charge in [0.1, 0.15) is 0 Å². The third-order valence-corrected chi connectivity index (χ3v) is 4.98. The molecule has 134 valence electrons. The van der Waals surface area contributed by atoms with Crippen LogP contribution in [0.3, 0.4) is 0 Å². The summed E-state index contributed by atoms with van der Waals surface area (Å²) >= 11 is 1.52. The van der Waals surface area contributed by atoms with Crippen molar-refractivity contribution in [1.29, 1.82) is 0 Å². The molecule has 5 nitrogen and oxygen atoms in total. The molecule has 2 N–H and O–H groups in total. The first-order valence-electron chi connectivity index (χ1n) is 8.11. The lowest BCUT2D eigenvalue weighted by atomic mass is 9.98. The van der Waals surface area contributed by atoms with E-state index < -0.39 is 12.0 Å². The summed E-state index contributed by atoms with van der Waals surface area (Å²) in [4.78, 5) is 28.4. The van der Waals surface area contributed by atoms with Gasteiger partial charge in [-0.25, -0.2) is 9.78 Å². The van der Waals surface area contributed by atoms with Crippen LogP contribution >= 0.6 is 11.3 Å². The van der Waals surface area contributed by atoms with Crippen LogP contribution in [0.25, 0.3) is 0 Å². The topological polar surface area (TPSA) is 79.3 Å². The molecular formula is C19H24N2O3S. The van der Waals surface area contributed by atoms with Crippen molar-refractivity contribution in [2.75, 3.05) is 0 Å². The first-order valence-corrected chi connectivity index (χ1v) is 8.99. The van der Waals surface area contributed by atoms with Gasteiger partial charge < -0.3 is 10.4 Å². The number of amides is 1. The first-order chi connectivity index (χ1) is 11.6. The molecule has 1 aromatic heterocycles. The van der Waals surface area contributed by atoms with Gasteiger partial charge in [-0.1, -0.05) is 50.1 Å². The van der Waals surface area contributed by atoms with Crippen molar-refractivity contribution in [3.05, 3.63) is 51.0 Å². The summed E-state index contributed by atoms with van der Waals surface area (Å²) in [5.74, 6) is -1.43. The number of carbonyl (C=O) groups is 2. The number of aryl methyl sites for hydroxylation is 2. The van der Waals surface area contributed by atoms with E-state index in [0.717, 1.165) is 16.1 Å². The maximum atomic E-state index is 12.3. The van der Waals surface area contributed by atoms with Crippen molar-refractivity contribution in [3.63, 3.8) is 0 Å². The molecule has 0 spiro atoms. The summed E-state index contributed by atoms with van der Waals surface area (Å²) in [7, 11) is 0. The lowest BCUT2D eigenvalue weighted by Crippen LogP contribution is -2.34. The van der Waals surface area contributed by atoms with E-state index in [0.29, 0.717) is 11.3 Å². The maximum Gasteiger partial charge on any atom is 0.330 e. The molecule has 25 heavy (non-hydrogen) atoms. The summed E-state index contributed by atoms with van der Waals surface area (Å²) in [5, 5.41) is 14.9. The van der Waals surface area contributed by atoms with Crippen LogP contribution < -0.4 is 5.32 Å². The quantitative estimate of drug-likeness (QED) is 0.855. The molecule has 0 saturated heterocycles. The number of carboxylic acids is 1. The molecule has 0 radical (unpaired) electrons.